The number of aromatic nitrogens is 3. The van der Waals surface area contributed by atoms with Gasteiger partial charge in [-0.3, -0.25) is 15.1 Å². The molecule has 0 spiro atoms. The predicted molar refractivity (Wildman–Crippen MR) is 66.0 cm³/mol. The Bertz CT molecular complexity index is 703. The second kappa shape index (κ2) is 3.92. The molecule has 0 saturated heterocycles. The molecule has 0 bridgehead atoms. The second-order valence-corrected chi connectivity index (χ2v) is 3.76. The van der Waals surface area contributed by atoms with Crippen LogP contribution in [0.5, 0.6) is 0 Å². The Hall–Kier alpha value is -2.76. The van der Waals surface area contributed by atoms with Crippen LogP contribution in [0.15, 0.2) is 42.6 Å². The fraction of sp³-hybridized carbons (Fsp3) is 0. The number of imidazole rings is 1. The van der Waals surface area contributed by atoms with Gasteiger partial charge < -0.3 is 4.98 Å². The summed E-state index contributed by atoms with van der Waals surface area (Å²) in [6.07, 6.45) is 1.40. The SMILES string of the molecule is O=[N+]([O-])c1ccnc(-c2nc3ccccc3[nH]2)c1. The van der Waals surface area contributed by atoms with Crippen LogP contribution >= 0.6 is 0 Å². The van der Waals surface area contributed by atoms with Gasteiger partial charge in [0.25, 0.3) is 5.69 Å². The number of fused-ring (bicyclic) bond motifs is 1. The minimum absolute atomic E-state index is 0.000422. The van der Waals surface area contributed by atoms with E-state index in [2.05, 4.69) is 15.0 Å². The zero-order valence-electron chi connectivity index (χ0n) is 9.20. The molecular formula is C12H8N4O2. The van der Waals surface area contributed by atoms with Crippen molar-refractivity contribution in [1.29, 1.82) is 0 Å². The van der Waals surface area contributed by atoms with E-state index < -0.39 is 4.92 Å². The molecule has 0 saturated carbocycles. The van der Waals surface area contributed by atoms with E-state index in [1.54, 1.807) is 0 Å². The summed E-state index contributed by atoms with van der Waals surface area (Å²) in [4.78, 5) is 21.8. The number of nitrogens with one attached hydrogen (secondary N) is 1. The molecule has 88 valence electrons. The number of aromatic amines is 1. The highest BCUT2D eigenvalue weighted by molar-refractivity contribution is 5.78. The lowest BCUT2D eigenvalue weighted by molar-refractivity contribution is -0.384. The van der Waals surface area contributed by atoms with Gasteiger partial charge in [-0.15, -0.1) is 0 Å². The second-order valence-electron chi connectivity index (χ2n) is 3.76. The Kier molecular flexibility index (Phi) is 2.26. The topological polar surface area (TPSA) is 84.7 Å². The number of nitro groups is 1. The van der Waals surface area contributed by atoms with Gasteiger partial charge in [-0.2, -0.15) is 0 Å². The molecule has 0 atom stereocenters. The standard InChI is InChI=1S/C12H8N4O2/c17-16(18)8-5-6-13-11(7-8)12-14-9-3-1-2-4-10(9)15-12/h1-7H,(H,14,15). The van der Waals surface area contributed by atoms with E-state index in [1.165, 1.54) is 18.3 Å². The zero-order chi connectivity index (χ0) is 12.5. The van der Waals surface area contributed by atoms with Crippen molar-refractivity contribution < 1.29 is 4.92 Å². The molecule has 3 rings (SSSR count). The first-order valence-corrected chi connectivity index (χ1v) is 5.29. The summed E-state index contributed by atoms with van der Waals surface area (Å²) in [6.45, 7) is 0. The van der Waals surface area contributed by atoms with E-state index in [0.29, 0.717) is 11.5 Å². The Morgan fingerprint density at radius 3 is 2.83 bits per heavy atom. The highest BCUT2D eigenvalue weighted by Crippen LogP contribution is 2.21. The Morgan fingerprint density at radius 1 is 1.22 bits per heavy atom. The van der Waals surface area contributed by atoms with Gasteiger partial charge in [-0.05, 0) is 12.1 Å². The van der Waals surface area contributed by atoms with Crippen LogP contribution in [-0.4, -0.2) is 19.9 Å². The summed E-state index contributed by atoms with van der Waals surface area (Å²) in [7, 11) is 0. The van der Waals surface area contributed by atoms with Gasteiger partial charge in [0.2, 0.25) is 0 Å². The molecule has 0 aliphatic rings. The maximum Gasteiger partial charge on any atom is 0.273 e. The Balaban J connectivity index is 2.13. The first-order chi connectivity index (χ1) is 8.74. The lowest BCUT2D eigenvalue weighted by Gasteiger charge is -1.95. The first-order valence-electron chi connectivity index (χ1n) is 5.29. The third-order valence-corrected chi connectivity index (χ3v) is 2.59. The molecule has 1 N–H and O–H groups in total. The van der Waals surface area contributed by atoms with E-state index >= 15 is 0 Å². The quantitative estimate of drug-likeness (QED) is 0.551. The number of rotatable bonds is 2. The van der Waals surface area contributed by atoms with E-state index in [9.17, 15) is 10.1 Å². The minimum atomic E-state index is -0.451. The molecule has 0 aliphatic heterocycles. The molecule has 1 aromatic carbocycles. The smallest absolute Gasteiger partial charge is 0.273 e. The average molecular weight is 240 g/mol. The predicted octanol–water partition coefficient (Wildman–Crippen LogP) is 2.53. The van der Waals surface area contributed by atoms with Crippen LogP contribution < -0.4 is 0 Å². The van der Waals surface area contributed by atoms with Crippen molar-refractivity contribution >= 4 is 16.7 Å². The van der Waals surface area contributed by atoms with Crippen molar-refractivity contribution in [3.05, 3.63) is 52.7 Å². The number of hydrogen-bond donors (Lipinski definition) is 1. The van der Waals surface area contributed by atoms with Crippen LogP contribution in [-0.2, 0) is 0 Å². The molecule has 3 aromatic rings. The third kappa shape index (κ3) is 1.69. The van der Waals surface area contributed by atoms with Crippen molar-refractivity contribution in [1.82, 2.24) is 15.0 Å². The van der Waals surface area contributed by atoms with Crippen molar-refractivity contribution in [3.8, 4) is 11.5 Å². The van der Waals surface area contributed by atoms with Gasteiger partial charge in [0, 0.05) is 18.3 Å². The molecule has 6 heteroatoms. The molecule has 0 unspecified atom stereocenters. The molecule has 18 heavy (non-hydrogen) atoms. The summed E-state index contributed by atoms with van der Waals surface area (Å²) in [5.41, 5.74) is 2.14. The van der Waals surface area contributed by atoms with E-state index in [4.69, 9.17) is 0 Å². The molecule has 2 aromatic heterocycles. The molecule has 0 radical (unpaired) electrons. The largest absolute Gasteiger partial charge is 0.337 e. The summed E-state index contributed by atoms with van der Waals surface area (Å²) in [5.74, 6) is 0.528. The first kappa shape index (κ1) is 10.4. The van der Waals surface area contributed by atoms with Crippen molar-refractivity contribution in [3.63, 3.8) is 0 Å². The number of H-pyrrole nitrogens is 1. The number of nitrogens with zero attached hydrogens (tertiary/aromatic N) is 3. The third-order valence-electron chi connectivity index (χ3n) is 2.59. The molecular weight excluding hydrogens is 232 g/mol. The lowest BCUT2D eigenvalue weighted by Crippen LogP contribution is -1.91. The van der Waals surface area contributed by atoms with Crippen molar-refractivity contribution in [2.24, 2.45) is 0 Å². The summed E-state index contributed by atoms with van der Waals surface area (Å²) < 4.78 is 0. The highest BCUT2D eigenvalue weighted by Gasteiger charge is 2.11. The van der Waals surface area contributed by atoms with Gasteiger partial charge in [-0.1, -0.05) is 12.1 Å². The molecule has 2 heterocycles. The minimum Gasteiger partial charge on any atom is -0.337 e. The van der Waals surface area contributed by atoms with Crippen molar-refractivity contribution in [2.45, 2.75) is 0 Å². The fourth-order valence-electron chi connectivity index (χ4n) is 1.74. The zero-order valence-corrected chi connectivity index (χ0v) is 9.20. The van der Waals surface area contributed by atoms with E-state index in [-0.39, 0.29) is 5.69 Å². The number of para-hydroxylation sites is 2. The lowest BCUT2D eigenvalue weighted by atomic mass is 10.3. The fourth-order valence-corrected chi connectivity index (χ4v) is 1.74. The Labute approximate surface area is 101 Å². The van der Waals surface area contributed by atoms with Gasteiger partial charge in [0.05, 0.1) is 16.0 Å². The molecule has 0 aliphatic carbocycles. The number of pyridine rings is 1. The summed E-state index contributed by atoms with van der Waals surface area (Å²) in [6, 6.07) is 10.3. The summed E-state index contributed by atoms with van der Waals surface area (Å²) >= 11 is 0. The van der Waals surface area contributed by atoms with Gasteiger partial charge >= 0.3 is 0 Å². The van der Waals surface area contributed by atoms with Crippen LogP contribution in [0.2, 0.25) is 0 Å². The van der Waals surface area contributed by atoms with Crippen LogP contribution in [0.3, 0.4) is 0 Å². The maximum absolute atomic E-state index is 10.7. The molecule has 6 nitrogen and oxygen atoms in total. The van der Waals surface area contributed by atoms with Crippen LogP contribution in [0.1, 0.15) is 0 Å². The maximum atomic E-state index is 10.7. The molecule has 0 amide bonds. The number of benzene rings is 1. The van der Waals surface area contributed by atoms with E-state index in [1.807, 2.05) is 24.3 Å². The monoisotopic (exact) mass is 240 g/mol. The van der Waals surface area contributed by atoms with E-state index in [0.717, 1.165) is 11.0 Å². The van der Waals surface area contributed by atoms with Crippen LogP contribution in [0, 0.1) is 10.1 Å². The highest BCUT2D eigenvalue weighted by atomic mass is 16.6. The Morgan fingerprint density at radius 2 is 2.06 bits per heavy atom. The van der Waals surface area contributed by atoms with Gasteiger partial charge in [0.1, 0.15) is 5.69 Å². The summed E-state index contributed by atoms with van der Waals surface area (Å²) in [5, 5.41) is 10.7. The van der Waals surface area contributed by atoms with Gasteiger partial charge in [-0.25, -0.2) is 4.98 Å². The van der Waals surface area contributed by atoms with Gasteiger partial charge in [0.15, 0.2) is 5.82 Å². The normalized spacial score (nSPS) is 10.7. The number of hydrogen-bond acceptors (Lipinski definition) is 4. The van der Waals surface area contributed by atoms with Crippen molar-refractivity contribution in [2.75, 3.05) is 0 Å². The van der Waals surface area contributed by atoms with Crippen LogP contribution in [0.4, 0.5) is 5.69 Å². The van der Waals surface area contributed by atoms with Crippen LogP contribution in [0.25, 0.3) is 22.6 Å². The molecule has 0 fully saturated rings. The average Bonchev–Trinajstić information content (AvgIpc) is 2.82.